The molecule has 1 rings (SSSR count). The van der Waals surface area contributed by atoms with E-state index in [4.69, 9.17) is 11.5 Å². The summed E-state index contributed by atoms with van der Waals surface area (Å²) in [4.78, 5) is 103. The molecule has 0 saturated carbocycles. The number of rotatable bonds is 20. The first kappa shape index (κ1) is 43.7. The number of carbonyl (C=O) groups excluding carboxylic acids is 7. The predicted octanol–water partition coefficient (Wildman–Crippen LogP) is -2.55. The molecule has 0 bridgehead atoms. The van der Waals surface area contributed by atoms with Gasteiger partial charge in [0.15, 0.2) is 0 Å². The Balaban J connectivity index is 3.01. The number of primary amides is 1. The molecule has 7 atom stereocenters. The molecule has 0 aromatic heterocycles. The molecule has 50 heavy (non-hydrogen) atoms. The van der Waals surface area contributed by atoms with Crippen molar-refractivity contribution in [1.82, 2.24) is 31.5 Å². The number of hydrogen-bond donors (Lipinski definition) is 9. The van der Waals surface area contributed by atoms with Gasteiger partial charge in [-0.2, -0.15) is 0 Å². The third-order valence-electron chi connectivity index (χ3n) is 8.11. The van der Waals surface area contributed by atoms with Crippen molar-refractivity contribution in [1.29, 1.82) is 0 Å². The van der Waals surface area contributed by atoms with E-state index in [0.717, 1.165) is 0 Å². The quantitative estimate of drug-likeness (QED) is 0.0633. The van der Waals surface area contributed by atoms with Crippen LogP contribution >= 0.6 is 0 Å². The molecular weight excluding hydrogens is 656 g/mol. The van der Waals surface area contributed by atoms with E-state index in [9.17, 15) is 48.6 Å². The second-order valence-corrected chi connectivity index (χ2v) is 13.9. The van der Waals surface area contributed by atoms with Crippen LogP contribution in [0.2, 0.25) is 0 Å². The molecule has 1 aliphatic heterocycles. The molecule has 0 spiro atoms. The molecule has 1 heterocycles. The van der Waals surface area contributed by atoms with Crippen LogP contribution in [0.3, 0.4) is 0 Å². The van der Waals surface area contributed by atoms with Crippen molar-refractivity contribution in [2.45, 2.75) is 123 Å². The summed E-state index contributed by atoms with van der Waals surface area (Å²) in [6.07, 6.45) is 0.306. The highest BCUT2D eigenvalue weighted by Crippen LogP contribution is 2.20. The van der Waals surface area contributed by atoms with E-state index in [0.29, 0.717) is 6.42 Å². The number of nitrogens with zero attached hydrogens (tertiary/aromatic N) is 1. The van der Waals surface area contributed by atoms with Gasteiger partial charge in [-0.25, -0.2) is 4.79 Å². The Kier molecular flexibility index (Phi) is 17.8. The summed E-state index contributed by atoms with van der Waals surface area (Å²) in [5.74, 6) is -7.04. The van der Waals surface area contributed by atoms with Crippen molar-refractivity contribution in [2.24, 2.45) is 29.2 Å². The summed E-state index contributed by atoms with van der Waals surface area (Å²) in [7, 11) is 0. The molecule has 0 unspecified atom stereocenters. The molecule has 11 N–H and O–H groups in total. The minimum absolute atomic E-state index is 0.00554. The molecule has 18 heteroatoms. The lowest BCUT2D eigenvalue weighted by Gasteiger charge is -2.30. The fourth-order valence-electron chi connectivity index (χ4n) is 5.28. The average molecular weight is 713 g/mol. The number of hydrogen-bond acceptors (Lipinski definition) is 10. The van der Waals surface area contributed by atoms with E-state index in [2.05, 4.69) is 26.6 Å². The van der Waals surface area contributed by atoms with Crippen molar-refractivity contribution in [3.8, 4) is 0 Å². The van der Waals surface area contributed by atoms with Crippen LogP contribution in [0.4, 0.5) is 0 Å². The minimum atomic E-state index is -1.61. The molecule has 1 aliphatic rings. The molecule has 0 radical (unpaired) electrons. The molecule has 7 amide bonds. The standard InChI is InChI=1S/C32H56N8O10/c1-15(2)11-19(37-30(47)25(34)17(5)6)27(44)35-18(7)26(43)39-22(14-41)31(48)40-10-8-9-23(40)29(46)36-20(12-16(3)4)28(45)38-21(32(49)50)13-24(33)42/h15-23,25,41H,8-14,34H2,1-7H3,(H2,33,42)(H,35,44)(H,36,46)(H,37,47)(H,38,45)(H,39,43)(H,49,50)/t18-,19-,20-,21-,22-,23-,25-/m0/s1. The molecule has 0 aromatic rings. The van der Waals surface area contributed by atoms with Crippen LogP contribution in [0.15, 0.2) is 0 Å². The molecule has 1 fully saturated rings. The number of carbonyl (C=O) groups is 8. The van der Waals surface area contributed by atoms with Crippen LogP contribution in [0.1, 0.15) is 80.6 Å². The van der Waals surface area contributed by atoms with Gasteiger partial charge in [-0.15, -0.1) is 0 Å². The summed E-state index contributed by atoms with van der Waals surface area (Å²) in [6, 6.07) is -8.40. The molecule has 0 aromatic carbocycles. The van der Waals surface area contributed by atoms with Gasteiger partial charge in [0.2, 0.25) is 41.4 Å². The minimum Gasteiger partial charge on any atom is -0.480 e. The van der Waals surface area contributed by atoms with E-state index in [-0.39, 0.29) is 43.6 Å². The largest absolute Gasteiger partial charge is 0.480 e. The number of carboxylic acid groups (broad SMARTS) is 1. The van der Waals surface area contributed by atoms with E-state index in [1.807, 2.05) is 13.8 Å². The molecular formula is C32H56N8O10. The maximum absolute atomic E-state index is 13.5. The third kappa shape index (κ3) is 13.9. The zero-order chi connectivity index (χ0) is 38.5. The Morgan fingerprint density at radius 3 is 1.70 bits per heavy atom. The Labute approximate surface area is 292 Å². The van der Waals surface area contributed by atoms with Crippen molar-refractivity contribution >= 4 is 47.3 Å². The Morgan fingerprint density at radius 1 is 0.720 bits per heavy atom. The summed E-state index contributed by atoms with van der Waals surface area (Å²) in [5.41, 5.74) is 11.0. The van der Waals surface area contributed by atoms with Gasteiger partial charge in [-0.3, -0.25) is 33.6 Å². The third-order valence-corrected chi connectivity index (χ3v) is 8.11. The summed E-state index contributed by atoms with van der Waals surface area (Å²) in [6.45, 7) is 11.4. The normalized spacial score (nSPS) is 18.0. The number of aliphatic hydroxyl groups excluding tert-OH is 1. The van der Waals surface area contributed by atoms with Crippen LogP contribution in [-0.2, 0) is 38.4 Å². The molecule has 0 aliphatic carbocycles. The number of aliphatic hydroxyl groups is 1. The summed E-state index contributed by atoms with van der Waals surface area (Å²) in [5, 5.41) is 31.8. The van der Waals surface area contributed by atoms with Gasteiger partial charge >= 0.3 is 5.97 Å². The first-order chi connectivity index (χ1) is 23.2. The number of aliphatic carboxylic acids is 1. The van der Waals surface area contributed by atoms with E-state index in [1.54, 1.807) is 27.7 Å². The highest BCUT2D eigenvalue weighted by Gasteiger charge is 2.40. The van der Waals surface area contributed by atoms with Crippen LogP contribution in [0.5, 0.6) is 0 Å². The highest BCUT2D eigenvalue weighted by molar-refractivity contribution is 5.97. The SMILES string of the molecule is CC(C)C[C@H](NC(=O)[C@@H](N)C(C)C)C(=O)N[C@@H](C)C(=O)N[C@@H](CO)C(=O)N1CCC[C@H]1C(=O)N[C@@H](CC(C)C)C(=O)N[C@@H](CC(N)=O)C(=O)O. The second kappa shape index (κ2) is 20.4. The van der Waals surface area contributed by atoms with Gasteiger partial charge in [0, 0.05) is 6.54 Å². The van der Waals surface area contributed by atoms with E-state index >= 15 is 0 Å². The van der Waals surface area contributed by atoms with Crippen molar-refractivity contribution in [2.75, 3.05) is 13.2 Å². The number of likely N-dealkylation sites (tertiary alicyclic amines) is 1. The fraction of sp³-hybridized carbons (Fsp3) is 0.750. The lowest BCUT2D eigenvalue weighted by molar-refractivity contribution is -0.144. The second-order valence-electron chi connectivity index (χ2n) is 13.9. The lowest BCUT2D eigenvalue weighted by atomic mass is 10.0. The van der Waals surface area contributed by atoms with Gasteiger partial charge in [0.1, 0.15) is 36.3 Å². The van der Waals surface area contributed by atoms with Crippen molar-refractivity contribution < 1.29 is 48.6 Å². The first-order valence-corrected chi connectivity index (χ1v) is 16.9. The summed E-state index contributed by atoms with van der Waals surface area (Å²) < 4.78 is 0. The van der Waals surface area contributed by atoms with Crippen LogP contribution in [0.25, 0.3) is 0 Å². The monoisotopic (exact) mass is 712 g/mol. The predicted molar refractivity (Wildman–Crippen MR) is 180 cm³/mol. The molecule has 18 nitrogen and oxygen atoms in total. The maximum atomic E-state index is 13.5. The summed E-state index contributed by atoms with van der Waals surface area (Å²) >= 11 is 0. The topological polar surface area (TPSA) is 292 Å². The van der Waals surface area contributed by atoms with Crippen LogP contribution in [-0.4, -0.2) is 118 Å². The lowest BCUT2D eigenvalue weighted by Crippen LogP contribution is -2.60. The van der Waals surface area contributed by atoms with Gasteiger partial charge in [0.05, 0.1) is 19.1 Å². The Morgan fingerprint density at radius 2 is 1.22 bits per heavy atom. The Hall–Kier alpha value is -4.32. The van der Waals surface area contributed by atoms with Crippen molar-refractivity contribution in [3.63, 3.8) is 0 Å². The smallest absolute Gasteiger partial charge is 0.326 e. The van der Waals surface area contributed by atoms with Gasteiger partial charge in [0.25, 0.3) is 0 Å². The number of carboxylic acids is 1. The number of nitrogens with one attached hydrogen (secondary N) is 5. The zero-order valence-corrected chi connectivity index (χ0v) is 30.0. The Bertz CT molecular complexity index is 1240. The van der Waals surface area contributed by atoms with Crippen LogP contribution in [0, 0.1) is 17.8 Å². The van der Waals surface area contributed by atoms with Gasteiger partial charge in [-0.05, 0) is 50.4 Å². The fourth-order valence-corrected chi connectivity index (χ4v) is 5.28. The number of amides is 7. The van der Waals surface area contributed by atoms with Gasteiger partial charge < -0.3 is 53.2 Å². The number of nitrogens with two attached hydrogens (primary N) is 2. The highest BCUT2D eigenvalue weighted by atomic mass is 16.4. The zero-order valence-electron chi connectivity index (χ0n) is 30.0. The maximum Gasteiger partial charge on any atom is 0.326 e. The first-order valence-electron chi connectivity index (χ1n) is 16.9. The van der Waals surface area contributed by atoms with Crippen LogP contribution < -0.4 is 38.1 Å². The van der Waals surface area contributed by atoms with Gasteiger partial charge in [-0.1, -0.05) is 41.5 Å². The van der Waals surface area contributed by atoms with E-state index < -0.39 is 103 Å². The molecule has 1 saturated heterocycles. The van der Waals surface area contributed by atoms with Crippen molar-refractivity contribution in [3.05, 3.63) is 0 Å². The average Bonchev–Trinajstić information content (AvgIpc) is 3.51. The molecule has 284 valence electrons. The van der Waals surface area contributed by atoms with E-state index in [1.165, 1.54) is 11.8 Å².